The highest BCUT2D eigenvalue weighted by atomic mass is 16.5. The van der Waals surface area contributed by atoms with Crippen LogP contribution in [0.3, 0.4) is 0 Å². The average molecular weight is 465 g/mol. The third-order valence-corrected chi connectivity index (χ3v) is 7.05. The molecule has 3 rings (SSSR count). The van der Waals surface area contributed by atoms with Gasteiger partial charge in [-0.15, -0.1) is 0 Å². The molecular weight excluding hydrogens is 420 g/mol. The van der Waals surface area contributed by atoms with Gasteiger partial charge in [0.05, 0.1) is 0 Å². The summed E-state index contributed by atoms with van der Waals surface area (Å²) in [6.45, 7) is 4.41. The standard InChI is InChI=1S/C30H44N2O2/c1-3-5-7-8-9-10-11-13-14-24-16-21-28-26(22-24)23-31-30(32-28)25-17-19-27(20-18-25)34-29(33)15-12-6-4-2/h17-20,23-24H,3-16,21-22H2,1-2H3. The lowest BCUT2D eigenvalue weighted by Crippen LogP contribution is -2.16. The molecule has 0 spiro atoms. The lowest BCUT2D eigenvalue weighted by molar-refractivity contribution is -0.134. The molecule has 0 fully saturated rings. The van der Waals surface area contributed by atoms with Crippen molar-refractivity contribution in [2.75, 3.05) is 0 Å². The van der Waals surface area contributed by atoms with Gasteiger partial charge in [0, 0.05) is 23.9 Å². The van der Waals surface area contributed by atoms with E-state index in [2.05, 4.69) is 18.8 Å². The number of rotatable bonds is 15. The number of fused-ring (bicyclic) bond motifs is 1. The largest absolute Gasteiger partial charge is 0.427 e. The molecule has 0 saturated carbocycles. The minimum Gasteiger partial charge on any atom is -0.427 e. The van der Waals surface area contributed by atoms with Gasteiger partial charge in [-0.2, -0.15) is 0 Å². The number of hydrogen-bond donors (Lipinski definition) is 0. The van der Waals surface area contributed by atoms with Gasteiger partial charge in [0.1, 0.15) is 5.75 Å². The molecule has 1 aliphatic rings. The summed E-state index contributed by atoms with van der Waals surface area (Å²) in [5.41, 5.74) is 3.51. The molecule has 4 nitrogen and oxygen atoms in total. The van der Waals surface area contributed by atoms with Crippen molar-refractivity contribution in [1.82, 2.24) is 9.97 Å². The van der Waals surface area contributed by atoms with Gasteiger partial charge < -0.3 is 4.74 Å². The SMILES string of the molecule is CCCCCCCCCCC1CCc2nc(-c3ccc(OC(=O)CCCCC)cc3)ncc2C1. The second-order valence-electron chi connectivity index (χ2n) is 9.99. The van der Waals surface area contributed by atoms with E-state index in [4.69, 9.17) is 9.72 Å². The molecule has 1 aromatic carbocycles. The van der Waals surface area contributed by atoms with E-state index in [0.717, 1.165) is 49.4 Å². The van der Waals surface area contributed by atoms with E-state index in [1.165, 1.54) is 75.5 Å². The minimum absolute atomic E-state index is 0.159. The van der Waals surface area contributed by atoms with Gasteiger partial charge >= 0.3 is 5.97 Å². The fourth-order valence-electron chi connectivity index (χ4n) is 4.91. The van der Waals surface area contributed by atoms with Crippen LogP contribution in [0, 0.1) is 5.92 Å². The van der Waals surface area contributed by atoms with Crippen LogP contribution in [0.1, 0.15) is 115 Å². The molecule has 186 valence electrons. The van der Waals surface area contributed by atoms with Crippen molar-refractivity contribution in [2.45, 2.75) is 117 Å². The Bertz CT molecular complexity index is 863. The van der Waals surface area contributed by atoms with E-state index in [9.17, 15) is 4.79 Å². The van der Waals surface area contributed by atoms with Crippen molar-refractivity contribution in [1.29, 1.82) is 0 Å². The van der Waals surface area contributed by atoms with Crippen LogP contribution in [0.25, 0.3) is 11.4 Å². The number of esters is 1. The molecule has 4 heteroatoms. The molecule has 34 heavy (non-hydrogen) atoms. The van der Waals surface area contributed by atoms with Crippen molar-refractivity contribution in [3.05, 3.63) is 41.7 Å². The molecule has 0 N–H and O–H groups in total. The van der Waals surface area contributed by atoms with E-state index < -0.39 is 0 Å². The Hall–Kier alpha value is -2.23. The minimum atomic E-state index is -0.159. The van der Waals surface area contributed by atoms with E-state index >= 15 is 0 Å². The topological polar surface area (TPSA) is 52.1 Å². The van der Waals surface area contributed by atoms with Crippen LogP contribution in [-0.4, -0.2) is 15.9 Å². The van der Waals surface area contributed by atoms with Crippen LogP contribution < -0.4 is 4.74 Å². The molecule has 0 saturated heterocycles. The Balaban J connectivity index is 1.43. The molecule has 0 aliphatic heterocycles. The molecule has 1 heterocycles. The van der Waals surface area contributed by atoms with Gasteiger partial charge in [-0.3, -0.25) is 4.79 Å². The fraction of sp³-hybridized carbons (Fsp3) is 0.633. The smallest absolute Gasteiger partial charge is 0.311 e. The predicted octanol–water partition coefficient (Wildman–Crippen LogP) is 8.27. The van der Waals surface area contributed by atoms with Crippen LogP contribution in [-0.2, 0) is 17.6 Å². The van der Waals surface area contributed by atoms with Gasteiger partial charge in [-0.1, -0.05) is 84.5 Å². The summed E-state index contributed by atoms with van der Waals surface area (Å²) in [6.07, 6.45) is 21.4. The van der Waals surface area contributed by atoms with Gasteiger partial charge in [-0.05, 0) is 61.4 Å². The van der Waals surface area contributed by atoms with E-state index in [1.54, 1.807) is 0 Å². The second kappa shape index (κ2) is 14.9. The van der Waals surface area contributed by atoms with Gasteiger partial charge in [0.25, 0.3) is 0 Å². The summed E-state index contributed by atoms with van der Waals surface area (Å²) < 4.78 is 5.44. The van der Waals surface area contributed by atoms with Gasteiger partial charge in [0.2, 0.25) is 0 Å². The zero-order valence-corrected chi connectivity index (χ0v) is 21.5. The molecule has 0 bridgehead atoms. The summed E-state index contributed by atoms with van der Waals surface area (Å²) in [6, 6.07) is 7.58. The van der Waals surface area contributed by atoms with Crippen LogP contribution in [0.2, 0.25) is 0 Å². The maximum Gasteiger partial charge on any atom is 0.311 e. The Kier molecular flexibility index (Phi) is 11.6. The van der Waals surface area contributed by atoms with Crippen molar-refractivity contribution in [3.63, 3.8) is 0 Å². The normalized spacial score (nSPS) is 15.2. The van der Waals surface area contributed by atoms with Gasteiger partial charge in [-0.25, -0.2) is 9.97 Å². The van der Waals surface area contributed by atoms with E-state index in [0.29, 0.717) is 12.2 Å². The Labute approximate surface area is 206 Å². The highest BCUT2D eigenvalue weighted by molar-refractivity contribution is 5.72. The van der Waals surface area contributed by atoms with Crippen molar-refractivity contribution >= 4 is 5.97 Å². The first kappa shape index (κ1) is 26.4. The Morgan fingerprint density at radius 3 is 2.32 bits per heavy atom. The molecular formula is C30H44N2O2. The van der Waals surface area contributed by atoms with E-state index in [1.807, 2.05) is 30.5 Å². The number of nitrogens with zero attached hydrogens (tertiary/aromatic N) is 2. The monoisotopic (exact) mass is 464 g/mol. The Morgan fingerprint density at radius 1 is 0.912 bits per heavy atom. The third kappa shape index (κ3) is 8.85. The number of carbonyl (C=O) groups is 1. The number of carbonyl (C=O) groups excluding carboxylic acids is 1. The number of ether oxygens (including phenoxy) is 1. The zero-order valence-electron chi connectivity index (χ0n) is 21.5. The third-order valence-electron chi connectivity index (χ3n) is 7.05. The number of aromatic nitrogens is 2. The van der Waals surface area contributed by atoms with Crippen LogP contribution in [0.15, 0.2) is 30.5 Å². The fourth-order valence-corrected chi connectivity index (χ4v) is 4.91. The van der Waals surface area contributed by atoms with E-state index in [-0.39, 0.29) is 5.97 Å². The first-order chi connectivity index (χ1) is 16.7. The molecule has 1 aliphatic carbocycles. The number of hydrogen-bond acceptors (Lipinski definition) is 4. The first-order valence-electron chi connectivity index (χ1n) is 13.9. The Morgan fingerprint density at radius 2 is 1.59 bits per heavy atom. The van der Waals surface area contributed by atoms with Crippen LogP contribution in [0.4, 0.5) is 0 Å². The lowest BCUT2D eigenvalue weighted by Gasteiger charge is -2.24. The molecule has 2 aromatic rings. The maximum absolute atomic E-state index is 11.9. The van der Waals surface area contributed by atoms with Gasteiger partial charge in [0.15, 0.2) is 5.82 Å². The molecule has 1 aromatic heterocycles. The van der Waals surface area contributed by atoms with Crippen molar-refractivity contribution < 1.29 is 9.53 Å². The number of aryl methyl sites for hydroxylation is 1. The number of benzene rings is 1. The molecule has 0 radical (unpaired) electrons. The summed E-state index contributed by atoms with van der Waals surface area (Å²) in [5.74, 6) is 1.98. The zero-order chi connectivity index (χ0) is 24.0. The lowest BCUT2D eigenvalue weighted by atomic mass is 9.84. The van der Waals surface area contributed by atoms with Crippen molar-refractivity contribution in [3.8, 4) is 17.1 Å². The van der Waals surface area contributed by atoms with Crippen LogP contribution >= 0.6 is 0 Å². The highest BCUT2D eigenvalue weighted by Gasteiger charge is 2.20. The summed E-state index contributed by atoms with van der Waals surface area (Å²) >= 11 is 0. The predicted molar refractivity (Wildman–Crippen MR) is 140 cm³/mol. The van der Waals surface area contributed by atoms with Crippen LogP contribution in [0.5, 0.6) is 5.75 Å². The summed E-state index contributed by atoms with van der Waals surface area (Å²) in [5, 5.41) is 0. The molecule has 0 amide bonds. The highest BCUT2D eigenvalue weighted by Crippen LogP contribution is 2.29. The molecule has 1 unspecified atom stereocenters. The second-order valence-corrected chi connectivity index (χ2v) is 9.99. The molecule has 1 atom stereocenters. The quantitative estimate of drug-likeness (QED) is 0.151. The maximum atomic E-state index is 11.9. The number of unbranched alkanes of at least 4 members (excludes halogenated alkanes) is 9. The summed E-state index contributed by atoms with van der Waals surface area (Å²) in [7, 11) is 0. The first-order valence-corrected chi connectivity index (χ1v) is 13.9. The summed E-state index contributed by atoms with van der Waals surface area (Å²) in [4.78, 5) is 21.5. The average Bonchev–Trinajstić information content (AvgIpc) is 2.86. The van der Waals surface area contributed by atoms with Crippen molar-refractivity contribution in [2.24, 2.45) is 5.92 Å².